The molecule has 1 amide bonds. The third-order valence-electron chi connectivity index (χ3n) is 5.26. The van der Waals surface area contributed by atoms with Crippen LogP contribution in [-0.4, -0.2) is 28.9 Å². The smallest absolute Gasteiger partial charge is 0.275 e. The number of aromatic nitrogens is 1. The molecule has 4 rings (SSSR count). The number of carbonyl (C=O) groups is 1. The fraction of sp³-hybridized carbons (Fsp3) is 0.120. The highest BCUT2D eigenvalue weighted by atomic mass is 16.5. The number of nitrogens with one attached hydrogen (secondary N) is 1. The van der Waals surface area contributed by atoms with Gasteiger partial charge in [0.15, 0.2) is 0 Å². The molecule has 3 aromatic carbocycles. The molecule has 0 atom stereocenters. The molecule has 1 heterocycles. The Bertz CT molecular complexity index is 1300. The molecular formula is C25H23N3O3. The Morgan fingerprint density at radius 3 is 2.52 bits per heavy atom. The highest BCUT2D eigenvalue weighted by molar-refractivity contribution is 6.01. The lowest BCUT2D eigenvalue weighted by molar-refractivity contribution is 0.0952. The fourth-order valence-corrected chi connectivity index (χ4v) is 3.70. The molecule has 0 saturated carbocycles. The number of carbonyl (C=O) groups excluding carboxylic acids is 1. The predicted molar refractivity (Wildman–Crippen MR) is 122 cm³/mol. The number of methoxy groups -OCH3 is 1. The zero-order valence-electron chi connectivity index (χ0n) is 17.6. The number of amides is 1. The van der Waals surface area contributed by atoms with E-state index in [-0.39, 0.29) is 11.3 Å². The first-order valence-electron chi connectivity index (χ1n) is 9.86. The van der Waals surface area contributed by atoms with E-state index in [2.05, 4.69) is 15.1 Å². The van der Waals surface area contributed by atoms with Crippen LogP contribution in [0.4, 0.5) is 0 Å². The minimum absolute atomic E-state index is 0.0809. The van der Waals surface area contributed by atoms with Crippen LogP contribution in [0.1, 0.15) is 27.3 Å². The molecule has 0 aliphatic rings. The average Bonchev–Trinajstić information content (AvgIpc) is 3.06. The molecule has 0 radical (unpaired) electrons. The third kappa shape index (κ3) is 4.00. The number of phenols is 1. The van der Waals surface area contributed by atoms with E-state index in [0.717, 1.165) is 39.2 Å². The fourth-order valence-electron chi connectivity index (χ4n) is 3.70. The van der Waals surface area contributed by atoms with Gasteiger partial charge in [0.1, 0.15) is 11.5 Å². The molecular weight excluding hydrogens is 390 g/mol. The molecule has 1 aromatic heterocycles. The molecule has 0 spiro atoms. The molecule has 0 unspecified atom stereocenters. The van der Waals surface area contributed by atoms with Gasteiger partial charge < -0.3 is 14.4 Å². The van der Waals surface area contributed by atoms with Crippen LogP contribution in [0, 0.1) is 13.8 Å². The second kappa shape index (κ2) is 8.36. The van der Waals surface area contributed by atoms with E-state index in [9.17, 15) is 9.90 Å². The van der Waals surface area contributed by atoms with Gasteiger partial charge in [0, 0.05) is 28.7 Å². The van der Waals surface area contributed by atoms with Crippen molar-refractivity contribution >= 4 is 22.9 Å². The summed E-state index contributed by atoms with van der Waals surface area (Å²) in [6.07, 6.45) is 1.61. The maximum absolute atomic E-state index is 12.5. The molecule has 0 fully saturated rings. The summed E-state index contributed by atoms with van der Waals surface area (Å²) in [6, 6.07) is 20.6. The van der Waals surface area contributed by atoms with Crippen molar-refractivity contribution in [2.45, 2.75) is 13.8 Å². The lowest BCUT2D eigenvalue weighted by atomic mass is 10.1. The van der Waals surface area contributed by atoms with Crippen molar-refractivity contribution in [3.8, 4) is 17.2 Å². The van der Waals surface area contributed by atoms with Crippen molar-refractivity contribution in [3.05, 3.63) is 89.2 Å². The maximum Gasteiger partial charge on any atom is 0.275 e. The lowest BCUT2D eigenvalue weighted by Gasteiger charge is -2.11. The number of hydrogen-bond acceptors (Lipinski definition) is 4. The summed E-state index contributed by atoms with van der Waals surface area (Å²) < 4.78 is 7.42. The number of nitrogens with zero attached hydrogens (tertiary/aromatic N) is 2. The van der Waals surface area contributed by atoms with Crippen LogP contribution in [0.2, 0.25) is 0 Å². The quantitative estimate of drug-likeness (QED) is 0.367. The molecule has 4 aromatic rings. The first-order chi connectivity index (χ1) is 15.0. The topological polar surface area (TPSA) is 75.8 Å². The highest BCUT2D eigenvalue weighted by Gasteiger charge is 2.13. The van der Waals surface area contributed by atoms with Gasteiger partial charge in [-0.15, -0.1) is 0 Å². The summed E-state index contributed by atoms with van der Waals surface area (Å²) in [7, 11) is 1.64. The summed E-state index contributed by atoms with van der Waals surface area (Å²) in [4.78, 5) is 12.5. The predicted octanol–water partition coefficient (Wildman–Crippen LogP) is 4.73. The van der Waals surface area contributed by atoms with Crippen LogP contribution in [0.25, 0.3) is 16.5 Å². The number of rotatable bonds is 5. The van der Waals surface area contributed by atoms with Crippen LogP contribution in [0.5, 0.6) is 11.5 Å². The Morgan fingerprint density at radius 1 is 1.03 bits per heavy atom. The first kappa shape index (κ1) is 20.2. The molecule has 31 heavy (non-hydrogen) atoms. The molecule has 156 valence electrons. The van der Waals surface area contributed by atoms with Gasteiger partial charge in [0.25, 0.3) is 5.91 Å². The van der Waals surface area contributed by atoms with E-state index in [4.69, 9.17) is 4.74 Å². The van der Waals surface area contributed by atoms with E-state index < -0.39 is 5.91 Å². The summed E-state index contributed by atoms with van der Waals surface area (Å²) >= 11 is 0. The Balaban J connectivity index is 1.56. The second-order valence-electron chi connectivity index (χ2n) is 7.28. The van der Waals surface area contributed by atoms with Gasteiger partial charge in [-0.05, 0) is 55.0 Å². The van der Waals surface area contributed by atoms with Crippen molar-refractivity contribution in [1.82, 2.24) is 9.99 Å². The monoisotopic (exact) mass is 413 g/mol. The number of aryl methyl sites for hydroxylation is 1. The second-order valence-corrected chi connectivity index (χ2v) is 7.28. The van der Waals surface area contributed by atoms with E-state index in [1.807, 2.05) is 68.4 Å². The molecule has 0 bridgehead atoms. The van der Waals surface area contributed by atoms with Crippen molar-refractivity contribution in [2.24, 2.45) is 5.10 Å². The Labute approximate surface area is 180 Å². The molecule has 0 aliphatic heterocycles. The van der Waals surface area contributed by atoms with E-state index in [1.54, 1.807) is 25.5 Å². The molecule has 0 aliphatic carbocycles. The van der Waals surface area contributed by atoms with E-state index in [1.165, 1.54) is 0 Å². The van der Waals surface area contributed by atoms with Crippen molar-refractivity contribution < 1.29 is 14.6 Å². The van der Waals surface area contributed by atoms with Gasteiger partial charge in [-0.25, -0.2) is 5.43 Å². The van der Waals surface area contributed by atoms with Gasteiger partial charge >= 0.3 is 0 Å². The molecule has 0 saturated heterocycles. The summed E-state index contributed by atoms with van der Waals surface area (Å²) in [6.45, 7) is 4.00. The van der Waals surface area contributed by atoms with Crippen molar-refractivity contribution in [2.75, 3.05) is 7.11 Å². The van der Waals surface area contributed by atoms with Gasteiger partial charge in [0.2, 0.25) is 0 Å². The molecule has 6 nitrogen and oxygen atoms in total. The molecule has 2 N–H and O–H groups in total. The standard InChI is InChI=1S/C25H23N3O3/c1-16-11-20(17(2)28(16)21-9-6-10-22(14-21)31-3)15-26-27-25(30)23-12-18-7-4-5-8-19(18)13-24(23)29/h4-15,29H,1-3H3,(H,27,30). The average molecular weight is 413 g/mol. The van der Waals surface area contributed by atoms with Crippen LogP contribution >= 0.6 is 0 Å². The lowest BCUT2D eigenvalue weighted by Crippen LogP contribution is -2.17. The summed E-state index contributed by atoms with van der Waals surface area (Å²) in [5, 5.41) is 16.1. The normalized spacial score (nSPS) is 11.2. The van der Waals surface area contributed by atoms with E-state index in [0.29, 0.717) is 0 Å². The Morgan fingerprint density at radius 2 is 1.77 bits per heavy atom. The largest absolute Gasteiger partial charge is 0.507 e. The summed E-state index contributed by atoms with van der Waals surface area (Å²) in [5.74, 6) is 0.228. The Kier molecular flexibility index (Phi) is 5.45. The van der Waals surface area contributed by atoms with Crippen LogP contribution < -0.4 is 10.2 Å². The molecule has 6 heteroatoms. The number of hydrogen-bond donors (Lipinski definition) is 2. The maximum atomic E-state index is 12.5. The number of fused-ring (bicyclic) bond motifs is 1. The van der Waals surface area contributed by atoms with Gasteiger partial charge in [-0.1, -0.05) is 30.3 Å². The van der Waals surface area contributed by atoms with Gasteiger partial charge in [-0.2, -0.15) is 5.10 Å². The van der Waals surface area contributed by atoms with Crippen LogP contribution in [0.3, 0.4) is 0 Å². The van der Waals surface area contributed by atoms with Gasteiger partial charge in [0.05, 0.1) is 18.9 Å². The van der Waals surface area contributed by atoms with Crippen LogP contribution in [-0.2, 0) is 0 Å². The zero-order valence-corrected chi connectivity index (χ0v) is 17.6. The highest BCUT2D eigenvalue weighted by Crippen LogP contribution is 2.25. The van der Waals surface area contributed by atoms with Crippen LogP contribution in [0.15, 0.2) is 71.8 Å². The number of ether oxygens (including phenoxy) is 1. The van der Waals surface area contributed by atoms with E-state index >= 15 is 0 Å². The number of benzene rings is 3. The number of hydrazone groups is 1. The van der Waals surface area contributed by atoms with Gasteiger partial charge in [-0.3, -0.25) is 4.79 Å². The minimum atomic E-state index is -0.471. The van der Waals surface area contributed by atoms with Crippen molar-refractivity contribution in [3.63, 3.8) is 0 Å². The number of phenolic OH excluding ortho intramolecular Hbond substituents is 1. The number of aromatic hydroxyl groups is 1. The first-order valence-corrected chi connectivity index (χ1v) is 9.86. The zero-order chi connectivity index (χ0) is 22.0. The Hall–Kier alpha value is -4.06. The summed E-state index contributed by atoms with van der Waals surface area (Å²) in [5.41, 5.74) is 6.57. The third-order valence-corrected chi connectivity index (χ3v) is 5.26. The minimum Gasteiger partial charge on any atom is -0.507 e. The SMILES string of the molecule is COc1cccc(-n2c(C)cc(C=NNC(=O)c3cc4ccccc4cc3O)c2C)c1. The van der Waals surface area contributed by atoms with Crippen molar-refractivity contribution in [1.29, 1.82) is 0 Å².